The quantitative estimate of drug-likeness (QED) is 0.702. The summed E-state index contributed by atoms with van der Waals surface area (Å²) in [7, 11) is 0. The third-order valence-electron chi connectivity index (χ3n) is 5.10. The molecule has 0 saturated carbocycles. The summed E-state index contributed by atoms with van der Waals surface area (Å²) in [6.45, 7) is 4.13. The van der Waals surface area contributed by atoms with Crippen LogP contribution in [0.4, 0.5) is 0 Å². The molecule has 0 radical (unpaired) electrons. The van der Waals surface area contributed by atoms with Gasteiger partial charge in [0.25, 0.3) is 0 Å². The Morgan fingerprint density at radius 1 is 1.20 bits per heavy atom. The molecule has 1 unspecified atom stereocenters. The molecule has 3 aromatic rings. The maximum atomic E-state index is 11.1. The molecule has 0 spiro atoms. The topological polar surface area (TPSA) is 56.3 Å². The predicted molar refractivity (Wildman–Crippen MR) is 99.8 cm³/mol. The van der Waals surface area contributed by atoms with E-state index in [1.165, 1.54) is 11.1 Å². The van der Waals surface area contributed by atoms with E-state index in [9.17, 15) is 9.90 Å². The Labute approximate surface area is 147 Å². The summed E-state index contributed by atoms with van der Waals surface area (Å²) >= 11 is 0. The number of benzene rings is 2. The van der Waals surface area contributed by atoms with Crippen LogP contribution in [0.25, 0.3) is 22.0 Å². The molecular formula is C21H22N2O2. The average molecular weight is 334 g/mol. The van der Waals surface area contributed by atoms with Gasteiger partial charge in [0.2, 0.25) is 0 Å². The number of aliphatic hydroxyl groups excluding tert-OH is 1. The lowest BCUT2D eigenvalue weighted by molar-refractivity contribution is 0.0348. The fourth-order valence-electron chi connectivity index (χ4n) is 3.63. The van der Waals surface area contributed by atoms with Gasteiger partial charge >= 0.3 is 0 Å². The first-order valence-corrected chi connectivity index (χ1v) is 8.70. The van der Waals surface area contributed by atoms with Crippen molar-refractivity contribution in [2.75, 3.05) is 13.2 Å². The number of nitrogens with one attached hydrogen (secondary N) is 1. The fraction of sp³-hybridized carbons (Fsp3) is 0.286. The number of fused-ring (bicyclic) bond motifs is 1. The third-order valence-corrected chi connectivity index (χ3v) is 5.10. The molecule has 2 heterocycles. The van der Waals surface area contributed by atoms with Gasteiger partial charge < -0.3 is 10.1 Å². The second-order valence-corrected chi connectivity index (χ2v) is 6.94. The fourth-order valence-corrected chi connectivity index (χ4v) is 3.63. The van der Waals surface area contributed by atoms with Crippen molar-refractivity contribution in [3.8, 4) is 11.1 Å². The smallest absolute Gasteiger partial charge is 0.150 e. The maximum absolute atomic E-state index is 11.1. The molecule has 2 N–H and O–H groups in total. The predicted octanol–water partition coefficient (Wildman–Crippen LogP) is 3.52. The lowest BCUT2D eigenvalue weighted by Gasteiger charge is -2.39. The van der Waals surface area contributed by atoms with E-state index in [0.717, 1.165) is 48.0 Å². The largest absolute Gasteiger partial charge is 0.395 e. The average Bonchev–Trinajstić information content (AvgIpc) is 3.00. The number of carbonyl (C=O) groups is 1. The number of hydrogen-bond acceptors (Lipinski definition) is 3. The van der Waals surface area contributed by atoms with Crippen LogP contribution in [-0.4, -0.2) is 40.5 Å². The Bertz CT molecular complexity index is 927. The van der Waals surface area contributed by atoms with Crippen molar-refractivity contribution in [2.45, 2.75) is 25.9 Å². The molecule has 4 heteroatoms. The molecule has 0 bridgehead atoms. The van der Waals surface area contributed by atoms with Crippen molar-refractivity contribution < 1.29 is 9.90 Å². The van der Waals surface area contributed by atoms with Crippen LogP contribution in [0, 0.1) is 6.92 Å². The van der Waals surface area contributed by atoms with Gasteiger partial charge in [-0.1, -0.05) is 12.1 Å². The molecule has 128 valence electrons. The third kappa shape index (κ3) is 3.11. The molecule has 1 aliphatic heterocycles. The van der Waals surface area contributed by atoms with Crippen LogP contribution in [0.2, 0.25) is 0 Å². The van der Waals surface area contributed by atoms with E-state index >= 15 is 0 Å². The molecule has 1 saturated heterocycles. The molecule has 25 heavy (non-hydrogen) atoms. The standard InChI is InChI=1S/C21H22N2O2/c1-14-6-15(12-24)8-17(7-14)16-2-3-21-18(9-16)10-19(22-21)11-23-5-4-20(23)13-25/h2-3,6-10,12,20,22,25H,4-5,11,13H2,1H3. The molecular weight excluding hydrogens is 312 g/mol. The van der Waals surface area contributed by atoms with Gasteiger partial charge in [0.15, 0.2) is 0 Å². The maximum Gasteiger partial charge on any atom is 0.150 e. The van der Waals surface area contributed by atoms with Crippen molar-refractivity contribution in [3.63, 3.8) is 0 Å². The lowest BCUT2D eigenvalue weighted by Crippen LogP contribution is -2.49. The Hall–Kier alpha value is -2.43. The Kier molecular flexibility index (Phi) is 4.15. The van der Waals surface area contributed by atoms with Gasteiger partial charge in [-0.25, -0.2) is 0 Å². The number of aromatic amines is 1. The summed E-state index contributed by atoms with van der Waals surface area (Å²) in [4.78, 5) is 16.9. The number of aldehydes is 1. The van der Waals surface area contributed by atoms with E-state index in [-0.39, 0.29) is 6.61 Å². The number of aliphatic hydroxyl groups is 1. The molecule has 1 fully saturated rings. The minimum atomic E-state index is 0.233. The molecule has 0 amide bonds. The van der Waals surface area contributed by atoms with E-state index in [2.05, 4.69) is 40.2 Å². The normalized spacial score (nSPS) is 17.6. The minimum absolute atomic E-state index is 0.233. The zero-order valence-electron chi connectivity index (χ0n) is 14.3. The van der Waals surface area contributed by atoms with E-state index in [1.807, 2.05) is 19.1 Å². The summed E-state index contributed by atoms with van der Waals surface area (Å²) < 4.78 is 0. The van der Waals surface area contributed by atoms with Crippen LogP contribution in [-0.2, 0) is 6.54 Å². The molecule has 1 aromatic heterocycles. The Morgan fingerprint density at radius 2 is 2.08 bits per heavy atom. The number of H-pyrrole nitrogens is 1. The number of carbonyl (C=O) groups excluding carboxylic acids is 1. The number of aromatic nitrogens is 1. The van der Waals surface area contributed by atoms with Crippen molar-refractivity contribution in [3.05, 3.63) is 59.3 Å². The molecule has 0 aliphatic carbocycles. The van der Waals surface area contributed by atoms with E-state index < -0.39 is 0 Å². The van der Waals surface area contributed by atoms with Gasteiger partial charge in [-0.2, -0.15) is 0 Å². The van der Waals surface area contributed by atoms with E-state index in [4.69, 9.17) is 0 Å². The van der Waals surface area contributed by atoms with Crippen molar-refractivity contribution in [1.29, 1.82) is 0 Å². The van der Waals surface area contributed by atoms with Gasteiger partial charge in [-0.15, -0.1) is 0 Å². The van der Waals surface area contributed by atoms with Gasteiger partial charge in [-0.3, -0.25) is 9.69 Å². The number of nitrogens with zero attached hydrogens (tertiary/aromatic N) is 1. The van der Waals surface area contributed by atoms with E-state index in [1.54, 1.807) is 0 Å². The zero-order chi connectivity index (χ0) is 17.4. The Morgan fingerprint density at radius 3 is 2.80 bits per heavy atom. The first-order chi connectivity index (χ1) is 12.2. The number of likely N-dealkylation sites (tertiary alicyclic amines) is 1. The number of hydrogen-bond donors (Lipinski definition) is 2. The van der Waals surface area contributed by atoms with Crippen LogP contribution in [0.5, 0.6) is 0 Å². The van der Waals surface area contributed by atoms with Crippen LogP contribution in [0.15, 0.2) is 42.5 Å². The highest BCUT2D eigenvalue weighted by Gasteiger charge is 2.27. The summed E-state index contributed by atoms with van der Waals surface area (Å²) in [6.07, 6.45) is 1.97. The highest BCUT2D eigenvalue weighted by Crippen LogP contribution is 2.28. The molecule has 1 aliphatic rings. The van der Waals surface area contributed by atoms with Crippen molar-refractivity contribution >= 4 is 17.2 Å². The molecule has 4 rings (SSSR count). The molecule has 4 nitrogen and oxygen atoms in total. The van der Waals surface area contributed by atoms with Gasteiger partial charge in [0, 0.05) is 41.3 Å². The Balaban J connectivity index is 1.64. The second-order valence-electron chi connectivity index (χ2n) is 6.94. The second kappa shape index (κ2) is 6.47. The van der Waals surface area contributed by atoms with Gasteiger partial charge in [-0.05, 0) is 60.4 Å². The SMILES string of the molecule is Cc1cc(C=O)cc(-c2ccc3[nH]c(CN4CCC4CO)cc3c2)c1. The van der Waals surface area contributed by atoms with Gasteiger partial charge in [0.05, 0.1) is 6.61 Å². The number of aryl methyl sites for hydroxylation is 1. The van der Waals surface area contributed by atoms with Crippen LogP contribution >= 0.6 is 0 Å². The van der Waals surface area contributed by atoms with Crippen LogP contribution < -0.4 is 0 Å². The van der Waals surface area contributed by atoms with E-state index in [0.29, 0.717) is 11.6 Å². The van der Waals surface area contributed by atoms with Crippen molar-refractivity contribution in [2.24, 2.45) is 0 Å². The summed E-state index contributed by atoms with van der Waals surface area (Å²) in [6, 6.07) is 14.8. The zero-order valence-corrected chi connectivity index (χ0v) is 14.3. The first kappa shape index (κ1) is 16.1. The van der Waals surface area contributed by atoms with Crippen molar-refractivity contribution in [1.82, 2.24) is 9.88 Å². The summed E-state index contributed by atoms with van der Waals surface area (Å²) in [5, 5.41) is 10.5. The van der Waals surface area contributed by atoms with Crippen LogP contribution in [0.1, 0.15) is 28.0 Å². The minimum Gasteiger partial charge on any atom is -0.395 e. The molecule has 2 aromatic carbocycles. The highest BCUT2D eigenvalue weighted by atomic mass is 16.3. The summed E-state index contributed by atoms with van der Waals surface area (Å²) in [5.74, 6) is 0. The number of rotatable bonds is 5. The first-order valence-electron chi connectivity index (χ1n) is 8.70. The van der Waals surface area contributed by atoms with Crippen LogP contribution in [0.3, 0.4) is 0 Å². The lowest BCUT2D eigenvalue weighted by atomic mass is 9.99. The monoisotopic (exact) mass is 334 g/mol. The summed E-state index contributed by atoms with van der Waals surface area (Å²) in [5.41, 5.74) is 6.25. The van der Waals surface area contributed by atoms with Gasteiger partial charge in [0.1, 0.15) is 6.29 Å². The molecule has 1 atom stereocenters. The highest BCUT2D eigenvalue weighted by molar-refractivity contribution is 5.87.